The number of carbonyl (C=O) groups excluding carboxylic acids is 1. The first kappa shape index (κ1) is 18.7. The number of ether oxygens (including phenoxy) is 1. The highest BCUT2D eigenvalue weighted by Gasteiger charge is 2.34. The maximum absolute atomic E-state index is 12.9. The van der Waals surface area contributed by atoms with Gasteiger partial charge in [0.1, 0.15) is 5.75 Å². The topological polar surface area (TPSA) is 38.3 Å². The molecule has 0 saturated heterocycles. The minimum Gasteiger partial charge on any atom is -0.435 e. The van der Waals surface area contributed by atoms with Gasteiger partial charge in [0, 0.05) is 6.54 Å². The van der Waals surface area contributed by atoms with Crippen LogP contribution in [0.4, 0.5) is 22.0 Å². The Hall–Kier alpha value is -2.64. The molecule has 0 bridgehead atoms. The first-order valence-corrected chi connectivity index (χ1v) is 7.25. The van der Waals surface area contributed by atoms with Crippen LogP contribution in [0, 0.1) is 0 Å². The third kappa shape index (κ3) is 5.44. The van der Waals surface area contributed by atoms with Gasteiger partial charge in [0.05, 0.1) is 11.1 Å². The molecular formula is C17H14F5NO2. The van der Waals surface area contributed by atoms with Crippen molar-refractivity contribution in [2.45, 2.75) is 19.2 Å². The van der Waals surface area contributed by atoms with Crippen molar-refractivity contribution in [2.24, 2.45) is 0 Å². The molecule has 0 aliphatic heterocycles. The second-order valence-corrected chi connectivity index (χ2v) is 5.07. The lowest BCUT2D eigenvalue weighted by Crippen LogP contribution is -2.28. The van der Waals surface area contributed by atoms with Crippen LogP contribution in [0.1, 0.15) is 21.5 Å². The van der Waals surface area contributed by atoms with Gasteiger partial charge in [-0.15, -0.1) is 0 Å². The number of carbonyl (C=O) groups is 1. The Morgan fingerprint density at radius 2 is 1.68 bits per heavy atom. The molecule has 0 aromatic heterocycles. The number of hydrogen-bond acceptors (Lipinski definition) is 2. The number of hydrogen-bond donors (Lipinski definition) is 1. The molecule has 2 aromatic rings. The SMILES string of the molecule is O=C(NCCc1ccc(OC(F)F)cc1)c1ccccc1C(F)(F)F. The summed E-state index contributed by atoms with van der Waals surface area (Å²) in [4.78, 5) is 12.0. The number of rotatable bonds is 6. The standard InChI is InChI=1S/C17H14F5NO2/c18-16(19)25-12-7-5-11(6-8-12)9-10-23-15(24)13-3-1-2-4-14(13)17(20,21)22/h1-8,16H,9-10H2,(H,23,24). The summed E-state index contributed by atoms with van der Waals surface area (Å²) >= 11 is 0. The Bertz CT molecular complexity index is 714. The summed E-state index contributed by atoms with van der Waals surface area (Å²) in [5, 5.41) is 2.42. The fourth-order valence-corrected chi connectivity index (χ4v) is 2.18. The lowest BCUT2D eigenvalue weighted by atomic mass is 10.1. The van der Waals surface area contributed by atoms with Crippen molar-refractivity contribution in [3.63, 3.8) is 0 Å². The molecule has 134 valence electrons. The molecule has 0 unspecified atom stereocenters. The summed E-state index contributed by atoms with van der Waals surface area (Å²) in [6.45, 7) is -2.82. The van der Waals surface area contributed by atoms with Crippen molar-refractivity contribution < 1.29 is 31.5 Å². The van der Waals surface area contributed by atoms with Crippen LogP contribution < -0.4 is 10.1 Å². The zero-order chi connectivity index (χ0) is 18.4. The summed E-state index contributed by atoms with van der Waals surface area (Å²) in [6.07, 6.45) is -4.29. The Balaban J connectivity index is 1.93. The van der Waals surface area contributed by atoms with Crippen LogP contribution in [-0.2, 0) is 12.6 Å². The number of nitrogens with one attached hydrogen (secondary N) is 1. The molecule has 0 saturated carbocycles. The van der Waals surface area contributed by atoms with Crippen LogP contribution in [0.2, 0.25) is 0 Å². The largest absolute Gasteiger partial charge is 0.435 e. The zero-order valence-corrected chi connectivity index (χ0v) is 12.8. The van der Waals surface area contributed by atoms with Crippen molar-refractivity contribution >= 4 is 5.91 Å². The molecule has 25 heavy (non-hydrogen) atoms. The van der Waals surface area contributed by atoms with Gasteiger partial charge < -0.3 is 10.1 Å². The lowest BCUT2D eigenvalue weighted by Gasteiger charge is -2.12. The fourth-order valence-electron chi connectivity index (χ4n) is 2.18. The molecule has 0 fully saturated rings. The smallest absolute Gasteiger partial charge is 0.417 e. The van der Waals surface area contributed by atoms with Gasteiger partial charge in [-0.1, -0.05) is 24.3 Å². The van der Waals surface area contributed by atoms with Crippen molar-refractivity contribution in [2.75, 3.05) is 6.54 Å². The molecule has 1 N–H and O–H groups in total. The van der Waals surface area contributed by atoms with E-state index in [0.29, 0.717) is 12.0 Å². The molecule has 2 aromatic carbocycles. The van der Waals surface area contributed by atoms with E-state index in [-0.39, 0.29) is 12.3 Å². The normalized spacial score (nSPS) is 11.4. The number of halogens is 5. The monoisotopic (exact) mass is 359 g/mol. The van der Waals surface area contributed by atoms with Gasteiger partial charge in [-0.25, -0.2) is 0 Å². The van der Waals surface area contributed by atoms with Crippen molar-refractivity contribution in [1.29, 1.82) is 0 Å². The van der Waals surface area contributed by atoms with Crippen molar-refractivity contribution in [1.82, 2.24) is 5.32 Å². The third-order valence-electron chi connectivity index (χ3n) is 3.32. The van der Waals surface area contributed by atoms with Gasteiger partial charge in [-0.3, -0.25) is 4.79 Å². The van der Waals surface area contributed by atoms with Gasteiger partial charge in [0.15, 0.2) is 0 Å². The highest BCUT2D eigenvalue weighted by Crippen LogP contribution is 2.31. The first-order chi connectivity index (χ1) is 11.8. The summed E-state index contributed by atoms with van der Waals surface area (Å²) in [6, 6.07) is 10.3. The Morgan fingerprint density at radius 3 is 2.28 bits per heavy atom. The minimum atomic E-state index is -4.62. The van der Waals surface area contributed by atoms with Crippen LogP contribution in [0.3, 0.4) is 0 Å². The molecule has 2 rings (SSSR count). The van der Waals surface area contributed by atoms with Crippen LogP contribution in [-0.4, -0.2) is 19.1 Å². The van der Waals surface area contributed by atoms with E-state index in [4.69, 9.17) is 0 Å². The Labute approximate surface area is 140 Å². The lowest BCUT2D eigenvalue weighted by molar-refractivity contribution is -0.137. The van der Waals surface area contributed by atoms with Crippen molar-refractivity contribution in [3.05, 3.63) is 65.2 Å². The molecule has 0 aliphatic carbocycles. The maximum Gasteiger partial charge on any atom is 0.417 e. The predicted molar refractivity (Wildman–Crippen MR) is 80.6 cm³/mol. The first-order valence-electron chi connectivity index (χ1n) is 7.25. The summed E-state index contributed by atoms with van der Waals surface area (Å²) in [7, 11) is 0. The van der Waals surface area contributed by atoms with E-state index in [9.17, 15) is 26.7 Å². The van der Waals surface area contributed by atoms with E-state index < -0.39 is 29.8 Å². The van der Waals surface area contributed by atoms with Crippen LogP contribution >= 0.6 is 0 Å². The summed E-state index contributed by atoms with van der Waals surface area (Å²) in [5.41, 5.74) is -0.734. The number of benzene rings is 2. The highest BCUT2D eigenvalue weighted by atomic mass is 19.4. The van der Waals surface area contributed by atoms with E-state index in [1.807, 2.05) is 0 Å². The predicted octanol–water partition coefficient (Wildman–Crippen LogP) is 4.28. The van der Waals surface area contributed by atoms with E-state index in [0.717, 1.165) is 12.1 Å². The Morgan fingerprint density at radius 1 is 1.04 bits per heavy atom. The van der Waals surface area contributed by atoms with E-state index >= 15 is 0 Å². The van der Waals surface area contributed by atoms with E-state index in [1.165, 1.54) is 36.4 Å². The molecule has 0 radical (unpaired) electrons. The quantitative estimate of drug-likeness (QED) is 0.782. The van der Waals surface area contributed by atoms with E-state index in [1.54, 1.807) is 0 Å². The van der Waals surface area contributed by atoms with Crippen molar-refractivity contribution in [3.8, 4) is 5.75 Å². The average Bonchev–Trinajstić information content (AvgIpc) is 2.55. The minimum absolute atomic E-state index is 0.00175. The molecule has 1 amide bonds. The van der Waals surface area contributed by atoms with Gasteiger partial charge in [0.2, 0.25) is 0 Å². The summed E-state index contributed by atoms with van der Waals surface area (Å²) in [5.74, 6) is -0.826. The molecule has 0 atom stereocenters. The maximum atomic E-state index is 12.9. The average molecular weight is 359 g/mol. The molecule has 0 aliphatic rings. The van der Waals surface area contributed by atoms with Crippen LogP contribution in [0.15, 0.2) is 48.5 Å². The Kier molecular flexibility index (Phi) is 5.95. The van der Waals surface area contributed by atoms with Crippen LogP contribution in [0.5, 0.6) is 5.75 Å². The second kappa shape index (κ2) is 7.96. The van der Waals surface area contributed by atoms with E-state index in [2.05, 4.69) is 10.1 Å². The molecular weight excluding hydrogens is 345 g/mol. The summed E-state index contributed by atoms with van der Waals surface area (Å²) < 4.78 is 66.9. The number of alkyl halides is 5. The fraction of sp³-hybridized carbons (Fsp3) is 0.235. The van der Waals surface area contributed by atoms with Gasteiger partial charge in [-0.05, 0) is 36.2 Å². The van der Waals surface area contributed by atoms with Gasteiger partial charge in [0.25, 0.3) is 5.91 Å². The molecule has 0 heterocycles. The molecule has 0 spiro atoms. The van der Waals surface area contributed by atoms with Crippen LogP contribution in [0.25, 0.3) is 0 Å². The zero-order valence-electron chi connectivity index (χ0n) is 12.8. The van der Waals surface area contributed by atoms with Gasteiger partial charge >= 0.3 is 12.8 Å². The highest BCUT2D eigenvalue weighted by molar-refractivity contribution is 5.95. The third-order valence-corrected chi connectivity index (χ3v) is 3.32. The van der Waals surface area contributed by atoms with Gasteiger partial charge in [-0.2, -0.15) is 22.0 Å². The number of amides is 1. The molecule has 8 heteroatoms. The second-order valence-electron chi connectivity index (χ2n) is 5.07. The molecule has 3 nitrogen and oxygen atoms in total.